The molecule has 1 N–H and O–H groups in total. The zero-order chi connectivity index (χ0) is 55.1. The van der Waals surface area contributed by atoms with Gasteiger partial charge in [-0.3, -0.25) is 9.55 Å². The molecule has 11 rings (SSSR count). The van der Waals surface area contributed by atoms with E-state index in [1.165, 1.54) is 21.9 Å². The van der Waals surface area contributed by atoms with Gasteiger partial charge in [-0.1, -0.05) is 222 Å². The molecule has 0 atom stereocenters. The smallest absolute Gasteiger partial charge is 0.148 e. The van der Waals surface area contributed by atoms with Gasteiger partial charge in [0.2, 0.25) is 0 Å². The minimum Gasteiger partial charge on any atom is -0.507 e. The Balaban J connectivity index is 0.00000688. The molecule has 0 saturated carbocycles. The third kappa shape index (κ3) is 8.70. The van der Waals surface area contributed by atoms with E-state index < -0.39 is 18.9 Å². The van der Waals surface area contributed by atoms with Crippen molar-refractivity contribution in [1.29, 1.82) is 5.26 Å². The van der Waals surface area contributed by atoms with Gasteiger partial charge in [0.25, 0.3) is 0 Å². The summed E-state index contributed by atoms with van der Waals surface area (Å²) in [4.78, 5) is 11.1. The number of para-hydroxylation sites is 1. The van der Waals surface area contributed by atoms with E-state index in [9.17, 15) is 10.4 Å². The van der Waals surface area contributed by atoms with Crippen molar-refractivity contribution in [3.8, 4) is 73.5 Å². The van der Waals surface area contributed by atoms with Crippen molar-refractivity contribution in [2.24, 2.45) is 0 Å². The summed E-state index contributed by atoms with van der Waals surface area (Å²) >= 11 is 0. The Morgan fingerprint density at radius 1 is 0.641 bits per heavy atom. The molecule has 10 aromatic rings. The molecule has 0 saturated heterocycles. The summed E-state index contributed by atoms with van der Waals surface area (Å²) in [6.45, 7) is 36.5. The molecule has 1 aliphatic rings. The quantitative estimate of drug-likeness (QED) is 0.132. The van der Waals surface area contributed by atoms with Crippen LogP contribution >= 0.6 is 0 Å². The molecule has 0 amide bonds. The van der Waals surface area contributed by atoms with Gasteiger partial charge in [-0.05, 0) is 108 Å². The number of rotatable bonds is 6. The molecule has 0 aliphatic heterocycles. The number of nitrogens with zero attached hydrogens (tertiary/aromatic N) is 4. The molecule has 0 unspecified atom stereocenters. The van der Waals surface area contributed by atoms with Crippen LogP contribution in [0.25, 0.3) is 94.7 Å². The number of benzene rings is 7. The molecule has 0 radical (unpaired) electrons. The Hall–Kier alpha value is -6.84. The predicted molar refractivity (Wildman–Crippen MR) is 324 cm³/mol. The van der Waals surface area contributed by atoms with Gasteiger partial charge in [-0.25, -0.2) is 4.98 Å². The van der Waals surface area contributed by atoms with Gasteiger partial charge >= 0.3 is 0 Å². The number of nitriles is 1. The number of furan rings is 1. The maximum absolute atomic E-state index is 12.8. The Morgan fingerprint density at radius 2 is 1.29 bits per heavy atom. The fourth-order valence-corrected chi connectivity index (χ4v) is 13.0. The molecule has 0 fully saturated rings. The topological polar surface area (TPSA) is 87.9 Å². The average molecular weight is 1220 g/mol. The summed E-state index contributed by atoms with van der Waals surface area (Å²) in [5, 5.41) is 26.4. The minimum atomic E-state index is -1.55. The Kier molecular flexibility index (Phi) is 13.0. The van der Waals surface area contributed by atoms with Gasteiger partial charge in [0.15, 0.2) is 0 Å². The molecule has 0 spiro atoms. The first-order chi connectivity index (χ1) is 36.1. The first-order valence-corrected chi connectivity index (χ1v) is 30.7. The van der Waals surface area contributed by atoms with E-state index in [0.29, 0.717) is 28.1 Å². The number of phenols is 1. The largest absolute Gasteiger partial charge is 0.507 e. The number of fused-ring (bicyclic) bond motifs is 8. The van der Waals surface area contributed by atoms with Gasteiger partial charge in [-0.2, -0.15) is 5.26 Å². The van der Waals surface area contributed by atoms with Crippen LogP contribution in [0.15, 0.2) is 138 Å². The summed E-state index contributed by atoms with van der Waals surface area (Å²) < 4.78 is 9.42. The molecule has 398 valence electrons. The molecule has 1 aliphatic carbocycles. The summed E-state index contributed by atoms with van der Waals surface area (Å²) in [5.41, 5.74) is 16.7. The van der Waals surface area contributed by atoms with Crippen LogP contribution in [0.5, 0.6) is 5.75 Å². The van der Waals surface area contributed by atoms with Crippen molar-refractivity contribution in [2.45, 2.75) is 137 Å². The number of hydrogen-bond donors (Lipinski definition) is 1. The first kappa shape index (κ1) is 54.5. The fraction of sp³-hybridized carbons (Fsp3) is 0.300. The average Bonchev–Trinajstić information content (AvgIpc) is 3.85. The Morgan fingerprint density at radius 3 is 1.94 bits per heavy atom. The summed E-state index contributed by atoms with van der Waals surface area (Å²) in [7, 11) is -1.55. The molecule has 3 aromatic heterocycles. The van der Waals surface area contributed by atoms with Crippen molar-refractivity contribution in [1.82, 2.24) is 14.5 Å². The van der Waals surface area contributed by atoms with E-state index in [2.05, 4.69) is 236 Å². The van der Waals surface area contributed by atoms with Crippen LogP contribution in [0.3, 0.4) is 0 Å². The van der Waals surface area contributed by atoms with Crippen LogP contribution < -0.4 is 5.19 Å². The minimum absolute atomic E-state index is 0. The van der Waals surface area contributed by atoms with Gasteiger partial charge in [0, 0.05) is 49.5 Å². The van der Waals surface area contributed by atoms with Crippen molar-refractivity contribution < 1.29 is 30.6 Å². The third-order valence-corrected chi connectivity index (χ3v) is 19.1. The van der Waals surface area contributed by atoms with Crippen LogP contribution in [0.1, 0.15) is 123 Å². The maximum atomic E-state index is 12.8. The summed E-state index contributed by atoms with van der Waals surface area (Å²) in [6, 6.07) is 51.7. The SMILES string of the molecule is CC(C)(C)c1ccc(-n2c(-c3cc(C(C)(C)C)cc(C(C)(C)C)c3O)nc3c(-c4[c-]c5c(c6c4oc4cc(C#N)ccc46)C(C)(C)C(C)(C)c4c(-c6ccc([Si](C)(C)C)cc6)ccnc4-5)cccc32)c(-c2ccccc2)c1.[Pt]. The number of phenolic OH excluding ortho intramolecular Hbond substituents is 1. The van der Waals surface area contributed by atoms with E-state index in [-0.39, 0.29) is 43.1 Å². The molecular weight excluding hydrogens is 1150 g/mol. The van der Waals surface area contributed by atoms with Gasteiger partial charge in [0.1, 0.15) is 17.2 Å². The molecule has 7 aromatic carbocycles. The van der Waals surface area contributed by atoms with Crippen LogP contribution in [0.4, 0.5) is 0 Å². The van der Waals surface area contributed by atoms with E-state index in [1.54, 1.807) is 0 Å². The van der Waals surface area contributed by atoms with Crippen molar-refractivity contribution >= 4 is 46.2 Å². The first-order valence-electron chi connectivity index (χ1n) is 27.2. The van der Waals surface area contributed by atoms with Crippen LogP contribution in [-0.2, 0) is 48.1 Å². The number of aromatic hydroxyl groups is 1. The zero-order valence-corrected chi connectivity index (χ0v) is 51.4. The zero-order valence-electron chi connectivity index (χ0n) is 48.2. The normalized spacial score (nSPS) is 14.3. The van der Waals surface area contributed by atoms with Crippen molar-refractivity contribution in [2.75, 3.05) is 0 Å². The van der Waals surface area contributed by atoms with Crippen LogP contribution in [0, 0.1) is 17.4 Å². The van der Waals surface area contributed by atoms with E-state index >= 15 is 0 Å². The maximum Gasteiger partial charge on any atom is 0.148 e. The molecular formula is C70H71N4O2PtSi-. The second-order valence-corrected chi connectivity index (χ2v) is 31.8. The Labute approximate surface area is 476 Å². The van der Waals surface area contributed by atoms with Gasteiger partial charge in [0.05, 0.1) is 47.6 Å². The number of pyridine rings is 1. The van der Waals surface area contributed by atoms with Gasteiger partial charge in [-0.15, -0.1) is 6.07 Å². The number of hydrogen-bond acceptors (Lipinski definition) is 5. The fourth-order valence-electron chi connectivity index (χ4n) is 11.8. The number of aromatic nitrogens is 3. The van der Waals surface area contributed by atoms with E-state index in [1.807, 2.05) is 24.4 Å². The Bertz CT molecular complexity index is 4090. The molecule has 78 heavy (non-hydrogen) atoms. The second kappa shape index (κ2) is 18.6. The van der Waals surface area contributed by atoms with Gasteiger partial charge < -0.3 is 9.52 Å². The molecule has 8 heteroatoms. The van der Waals surface area contributed by atoms with Crippen molar-refractivity contribution in [3.05, 3.63) is 173 Å². The molecule has 3 heterocycles. The van der Waals surface area contributed by atoms with E-state index in [0.717, 1.165) is 83.3 Å². The molecule has 6 nitrogen and oxygen atoms in total. The molecule has 0 bridgehead atoms. The third-order valence-electron chi connectivity index (χ3n) is 17.0. The standard InChI is InChI=1S/C70H71N4O2Si.Pt/c1-66(2,3)44-28-32-55(50(36-44)42-21-18-17-19-22-42)74-56-24-20-23-48(61(56)73-65(74)53-37-45(67(4,5)6)38-54(63(53)75)68(7,8)9)51-39-52-59(58-49-31-25-41(40-71)35-57(49)76-64(51)58)69(10,11)70(12,13)60-47(33-34-72-62(52)60)43-26-29-46(30-27-43)77(14,15)16;/h17-38,75H,1-16H3;/q-1;. The van der Waals surface area contributed by atoms with E-state index in [4.69, 9.17) is 14.4 Å². The van der Waals surface area contributed by atoms with Crippen LogP contribution in [0.2, 0.25) is 19.6 Å². The summed E-state index contributed by atoms with van der Waals surface area (Å²) in [6.07, 6.45) is 1.96. The summed E-state index contributed by atoms with van der Waals surface area (Å²) in [5.74, 6) is 0.836. The second-order valence-electron chi connectivity index (χ2n) is 26.8. The van der Waals surface area contributed by atoms with Crippen molar-refractivity contribution in [3.63, 3.8) is 0 Å². The monoisotopic (exact) mass is 1220 g/mol. The van der Waals surface area contributed by atoms with Crippen LogP contribution in [-0.4, -0.2) is 27.7 Å². The number of imidazole rings is 1. The predicted octanol–water partition coefficient (Wildman–Crippen LogP) is 18.0.